The highest BCUT2D eigenvalue weighted by Gasteiger charge is 2.16. The van der Waals surface area contributed by atoms with Crippen LogP contribution in [0.1, 0.15) is 15.9 Å². The highest BCUT2D eigenvalue weighted by Crippen LogP contribution is 2.17. The number of nitrogens with one attached hydrogen (secondary N) is 1. The maximum Gasteiger partial charge on any atom is 0.335 e. The predicted molar refractivity (Wildman–Crippen MR) is 76.6 cm³/mol. The number of hydrogen-bond donors (Lipinski definition) is 3. The third-order valence-electron chi connectivity index (χ3n) is 2.78. The zero-order valence-corrected chi connectivity index (χ0v) is 11.7. The van der Waals surface area contributed by atoms with E-state index in [1.165, 1.54) is 30.3 Å². The summed E-state index contributed by atoms with van der Waals surface area (Å²) in [5.41, 5.74) is 0.882. The number of aliphatic hydroxyl groups excluding tert-OH is 1. The average Bonchev–Trinajstić information content (AvgIpc) is 2.48. The van der Waals surface area contributed by atoms with E-state index in [1.807, 2.05) is 0 Å². The summed E-state index contributed by atoms with van der Waals surface area (Å²) in [6.45, 7) is -0.131. The Labute approximate surface area is 121 Å². The zero-order chi connectivity index (χ0) is 15.5. The molecule has 110 valence electrons. The minimum Gasteiger partial charge on any atom is -0.478 e. The number of anilines is 1. The number of benzene rings is 2. The van der Waals surface area contributed by atoms with Crippen molar-refractivity contribution in [3.63, 3.8) is 0 Å². The van der Waals surface area contributed by atoms with Crippen molar-refractivity contribution in [2.75, 3.05) is 4.72 Å². The van der Waals surface area contributed by atoms with Gasteiger partial charge in [0.1, 0.15) is 0 Å². The van der Waals surface area contributed by atoms with Crippen molar-refractivity contribution in [3.8, 4) is 0 Å². The Balaban J connectivity index is 2.29. The van der Waals surface area contributed by atoms with Gasteiger partial charge in [-0.05, 0) is 35.9 Å². The molecule has 0 fully saturated rings. The second-order valence-electron chi connectivity index (χ2n) is 4.29. The average molecular weight is 307 g/mol. The van der Waals surface area contributed by atoms with Crippen molar-refractivity contribution >= 4 is 21.7 Å². The van der Waals surface area contributed by atoms with E-state index in [0.717, 1.165) is 6.07 Å². The Kier molecular flexibility index (Phi) is 4.25. The maximum absolute atomic E-state index is 12.2. The lowest BCUT2D eigenvalue weighted by atomic mass is 10.2. The Morgan fingerprint density at radius 3 is 2.33 bits per heavy atom. The fourth-order valence-electron chi connectivity index (χ4n) is 1.69. The second-order valence-corrected chi connectivity index (χ2v) is 5.98. The standard InChI is InChI=1S/C14H13NO5S/c16-9-10-4-6-12(7-5-10)15-21(19,20)13-3-1-2-11(8-13)14(17)18/h1-8,15-16H,9H2,(H,17,18). The van der Waals surface area contributed by atoms with E-state index in [1.54, 1.807) is 12.1 Å². The Morgan fingerprint density at radius 1 is 1.10 bits per heavy atom. The zero-order valence-electron chi connectivity index (χ0n) is 10.9. The van der Waals surface area contributed by atoms with Crippen LogP contribution >= 0.6 is 0 Å². The number of aliphatic hydroxyl groups is 1. The lowest BCUT2D eigenvalue weighted by Gasteiger charge is -2.09. The third-order valence-corrected chi connectivity index (χ3v) is 4.16. The number of carboxylic acids is 1. The highest BCUT2D eigenvalue weighted by molar-refractivity contribution is 7.92. The molecule has 0 aliphatic rings. The predicted octanol–water partition coefficient (Wildman–Crippen LogP) is 1.68. The van der Waals surface area contributed by atoms with Gasteiger partial charge in [-0.15, -0.1) is 0 Å². The fraction of sp³-hybridized carbons (Fsp3) is 0.0714. The first-order valence-electron chi connectivity index (χ1n) is 5.98. The van der Waals surface area contributed by atoms with E-state index < -0.39 is 16.0 Å². The van der Waals surface area contributed by atoms with Gasteiger partial charge in [0.25, 0.3) is 10.0 Å². The molecule has 0 heterocycles. The molecule has 0 unspecified atom stereocenters. The minimum atomic E-state index is -3.86. The number of sulfonamides is 1. The van der Waals surface area contributed by atoms with Gasteiger partial charge in [0.2, 0.25) is 0 Å². The molecule has 0 aliphatic carbocycles. The van der Waals surface area contributed by atoms with Crippen molar-refractivity contribution in [3.05, 3.63) is 59.7 Å². The molecular weight excluding hydrogens is 294 g/mol. The molecule has 2 rings (SSSR count). The number of carboxylic acid groups (broad SMARTS) is 1. The van der Waals surface area contributed by atoms with Gasteiger partial charge in [0.05, 0.1) is 17.1 Å². The van der Waals surface area contributed by atoms with Crippen LogP contribution in [-0.4, -0.2) is 24.6 Å². The smallest absolute Gasteiger partial charge is 0.335 e. The number of rotatable bonds is 5. The van der Waals surface area contributed by atoms with Crippen molar-refractivity contribution < 1.29 is 23.4 Å². The van der Waals surface area contributed by atoms with Crippen LogP contribution in [0.4, 0.5) is 5.69 Å². The molecular formula is C14H13NO5S. The first-order chi connectivity index (χ1) is 9.92. The number of carbonyl (C=O) groups is 1. The summed E-state index contributed by atoms with van der Waals surface area (Å²) >= 11 is 0. The van der Waals surface area contributed by atoms with Crippen molar-refractivity contribution in [1.82, 2.24) is 0 Å². The summed E-state index contributed by atoms with van der Waals surface area (Å²) in [7, 11) is -3.86. The molecule has 0 radical (unpaired) electrons. The molecule has 0 saturated carbocycles. The lowest BCUT2D eigenvalue weighted by Crippen LogP contribution is -2.13. The van der Waals surface area contributed by atoms with Crippen LogP contribution in [0.3, 0.4) is 0 Å². The summed E-state index contributed by atoms with van der Waals surface area (Å²) in [5, 5.41) is 17.8. The summed E-state index contributed by atoms with van der Waals surface area (Å²) in [6, 6.07) is 11.3. The summed E-state index contributed by atoms with van der Waals surface area (Å²) < 4.78 is 26.7. The van der Waals surface area contributed by atoms with Gasteiger partial charge in [0, 0.05) is 5.69 Å². The molecule has 0 bridgehead atoms. The first kappa shape index (κ1) is 15.0. The largest absolute Gasteiger partial charge is 0.478 e. The fourth-order valence-corrected chi connectivity index (χ4v) is 2.79. The first-order valence-corrected chi connectivity index (χ1v) is 7.46. The van der Waals surface area contributed by atoms with Gasteiger partial charge in [-0.25, -0.2) is 13.2 Å². The lowest BCUT2D eigenvalue weighted by molar-refractivity contribution is 0.0696. The molecule has 7 heteroatoms. The molecule has 0 aromatic heterocycles. The second kappa shape index (κ2) is 5.94. The molecule has 0 atom stereocenters. The molecule has 2 aromatic carbocycles. The highest BCUT2D eigenvalue weighted by atomic mass is 32.2. The van der Waals surface area contributed by atoms with Gasteiger partial charge in [-0.3, -0.25) is 4.72 Å². The molecule has 6 nitrogen and oxygen atoms in total. The molecule has 0 spiro atoms. The van der Waals surface area contributed by atoms with Gasteiger partial charge in [-0.2, -0.15) is 0 Å². The van der Waals surface area contributed by atoms with E-state index in [2.05, 4.69) is 4.72 Å². The molecule has 2 aromatic rings. The van der Waals surface area contributed by atoms with E-state index in [4.69, 9.17) is 10.2 Å². The normalized spacial score (nSPS) is 11.1. The van der Waals surface area contributed by atoms with Gasteiger partial charge in [0.15, 0.2) is 0 Å². The van der Waals surface area contributed by atoms with Crippen molar-refractivity contribution in [1.29, 1.82) is 0 Å². The van der Waals surface area contributed by atoms with Crippen molar-refractivity contribution in [2.24, 2.45) is 0 Å². The van der Waals surface area contributed by atoms with Crippen LogP contribution in [0.25, 0.3) is 0 Å². The number of aromatic carboxylic acids is 1. The third kappa shape index (κ3) is 3.59. The summed E-state index contributed by atoms with van der Waals surface area (Å²) in [5.74, 6) is -1.20. The number of hydrogen-bond acceptors (Lipinski definition) is 4. The molecule has 0 aliphatic heterocycles. The maximum atomic E-state index is 12.2. The topological polar surface area (TPSA) is 104 Å². The quantitative estimate of drug-likeness (QED) is 0.779. The Bertz CT molecular complexity index is 753. The van der Waals surface area contributed by atoms with E-state index in [9.17, 15) is 13.2 Å². The Hall–Kier alpha value is -2.38. The van der Waals surface area contributed by atoms with Crippen LogP contribution in [0, 0.1) is 0 Å². The molecule has 0 saturated heterocycles. The van der Waals surface area contributed by atoms with Crippen LogP contribution in [0.15, 0.2) is 53.4 Å². The minimum absolute atomic E-state index is 0.103. The van der Waals surface area contributed by atoms with Gasteiger partial charge >= 0.3 is 5.97 Å². The van der Waals surface area contributed by atoms with Crippen LogP contribution in [0.2, 0.25) is 0 Å². The van der Waals surface area contributed by atoms with Gasteiger partial charge in [-0.1, -0.05) is 18.2 Å². The summed E-state index contributed by atoms with van der Waals surface area (Å²) in [4.78, 5) is 10.7. The van der Waals surface area contributed by atoms with Gasteiger partial charge < -0.3 is 10.2 Å². The molecule has 21 heavy (non-hydrogen) atoms. The summed E-state index contributed by atoms with van der Waals surface area (Å²) in [6.07, 6.45) is 0. The van der Waals surface area contributed by atoms with Crippen LogP contribution in [-0.2, 0) is 16.6 Å². The Morgan fingerprint density at radius 2 is 1.76 bits per heavy atom. The van der Waals surface area contributed by atoms with E-state index in [0.29, 0.717) is 11.3 Å². The van der Waals surface area contributed by atoms with Crippen LogP contribution in [0.5, 0.6) is 0 Å². The van der Waals surface area contributed by atoms with E-state index in [-0.39, 0.29) is 17.1 Å². The monoisotopic (exact) mass is 307 g/mol. The van der Waals surface area contributed by atoms with Crippen molar-refractivity contribution in [2.45, 2.75) is 11.5 Å². The van der Waals surface area contributed by atoms with Crippen LogP contribution < -0.4 is 4.72 Å². The van der Waals surface area contributed by atoms with E-state index >= 15 is 0 Å². The SMILES string of the molecule is O=C(O)c1cccc(S(=O)(=O)Nc2ccc(CO)cc2)c1. The molecule has 0 amide bonds. The molecule has 3 N–H and O–H groups in total.